The van der Waals surface area contributed by atoms with E-state index in [-0.39, 0.29) is 11.7 Å². The van der Waals surface area contributed by atoms with E-state index in [4.69, 9.17) is 11.6 Å². The van der Waals surface area contributed by atoms with Gasteiger partial charge in [-0.2, -0.15) is 5.10 Å². The third-order valence-corrected chi connectivity index (χ3v) is 3.16. The molecule has 0 saturated heterocycles. The third kappa shape index (κ3) is 3.83. The number of hydrogen-bond donors (Lipinski definition) is 2. The summed E-state index contributed by atoms with van der Waals surface area (Å²) in [6.07, 6.45) is 0.577. The predicted molar refractivity (Wildman–Crippen MR) is 83.9 cm³/mol. The lowest BCUT2D eigenvalue weighted by Gasteiger charge is -2.07. The first-order chi connectivity index (χ1) is 10.1. The minimum absolute atomic E-state index is 0.134. The molecule has 0 fully saturated rings. The number of nitrogens with zero attached hydrogens (tertiary/aromatic N) is 1. The van der Waals surface area contributed by atoms with E-state index in [1.807, 2.05) is 6.92 Å². The van der Waals surface area contributed by atoms with E-state index < -0.39 is 0 Å². The highest BCUT2D eigenvalue weighted by Gasteiger charge is 2.09. The summed E-state index contributed by atoms with van der Waals surface area (Å²) in [6, 6.07) is 13.5. The van der Waals surface area contributed by atoms with Crippen molar-refractivity contribution in [1.29, 1.82) is 0 Å². The molecule has 2 aromatic rings. The molecule has 108 valence electrons. The molecule has 0 aliphatic heterocycles. The van der Waals surface area contributed by atoms with Gasteiger partial charge in [-0.15, -0.1) is 0 Å². The number of carbonyl (C=O) groups is 1. The van der Waals surface area contributed by atoms with Crippen LogP contribution in [-0.4, -0.2) is 16.7 Å². The molecule has 0 aliphatic rings. The van der Waals surface area contributed by atoms with Crippen LogP contribution in [0.25, 0.3) is 0 Å². The normalized spacial score (nSPS) is 11.2. The van der Waals surface area contributed by atoms with E-state index in [1.54, 1.807) is 48.5 Å². The summed E-state index contributed by atoms with van der Waals surface area (Å²) < 4.78 is 0. The summed E-state index contributed by atoms with van der Waals surface area (Å²) >= 11 is 5.85. The van der Waals surface area contributed by atoms with Crippen LogP contribution in [0.2, 0.25) is 5.02 Å². The summed E-state index contributed by atoms with van der Waals surface area (Å²) in [5.74, 6) is -0.214. The second-order valence-electron chi connectivity index (χ2n) is 4.38. The van der Waals surface area contributed by atoms with Crippen molar-refractivity contribution in [3.05, 3.63) is 64.7 Å². The van der Waals surface area contributed by atoms with Gasteiger partial charge in [0.05, 0.1) is 5.71 Å². The second-order valence-corrected chi connectivity index (χ2v) is 4.82. The van der Waals surface area contributed by atoms with Crippen molar-refractivity contribution in [2.45, 2.75) is 13.3 Å². The van der Waals surface area contributed by atoms with Crippen LogP contribution < -0.4 is 5.43 Å². The Morgan fingerprint density at radius 3 is 2.67 bits per heavy atom. The summed E-state index contributed by atoms with van der Waals surface area (Å²) in [4.78, 5) is 12.0. The van der Waals surface area contributed by atoms with Crippen molar-refractivity contribution < 1.29 is 9.90 Å². The van der Waals surface area contributed by atoms with Crippen LogP contribution >= 0.6 is 11.6 Å². The monoisotopic (exact) mass is 302 g/mol. The number of aromatic hydroxyl groups is 1. The van der Waals surface area contributed by atoms with Gasteiger partial charge in [0.2, 0.25) is 0 Å². The van der Waals surface area contributed by atoms with Crippen LogP contribution in [0.3, 0.4) is 0 Å². The molecule has 0 heterocycles. The lowest BCUT2D eigenvalue weighted by atomic mass is 10.1. The van der Waals surface area contributed by atoms with Crippen LogP contribution in [0.15, 0.2) is 53.6 Å². The van der Waals surface area contributed by atoms with Gasteiger partial charge >= 0.3 is 0 Å². The number of hydrogen-bond acceptors (Lipinski definition) is 3. The van der Waals surface area contributed by atoms with Crippen LogP contribution in [0.4, 0.5) is 0 Å². The first-order valence-corrected chi connectivity index (χ1v) is 6.90. The molecule has 0 spiro atoms. The summed E-state index contributed by atoms with van der Waals surface area (Å²) in [6.45, 7) is 1.90. The number of para-hydroxylation sites is 1. The maximum Gasteiger partial charge on any atom is 0.271 e. The number of rotatable bonds is 4. The zero-order valence-corrected chi connectivity index (χ0v) is 12.3. The molecular formula is C16H15ClN2O2. The molecule has 1 amide bonds. The SMILES string of the molecule is CCC(=NNC(=O)c1cccc(Cl)c1)c1ccccc1O. The van der Waals surface area contributed by atoms with Gasteiger partial charge in [0.1, 0.15) is 5.75 Å². The minimum atomic E-state index is -0.348. The summed E-state index contributed by atoms with van der Waals surface area (Å²) in [5.41, 5.74) is 4.12. The predicted octanol–water partition coefficient (Wildman–Crippen LogP) is 3.59. The van der Waals surface area contributed by atoms with Crippen molar-refractivity contribution >= 4 is 23.2 Å². The Labute approximate surface area is 128 Å². The molecule has 0 unspecified atom stereocenters. The molecule has 0 bridgehead atoms. The van der Waals surface area contributed by atoms with Crippen molar-refractivity contribution in [1.82, 2.24) is 5.43 Å². The molecule has 0 aliphatic carbocycles. The first kappa shape index (κ1) is 15.1. The van der Waals surface area contributed by atoms with Crippen molar-refractivity contribution in [3.63, 3.8) is 0 Å². The van der Waals surface area contributed by atoms with Gasteiger partial charge in [0.15, 0.2) is 0 Å². The average Bonchev–Trinajstić information content (AvgIpc) is 2.49. The summed E-state index contributed by atoms with van der Waals surface area (Å²) in [5, 5.41) is 14.4. The highest BCUT2D eigenvalue weighted by Crippen LogP contribution is 2.18. The number of amides is 1. The van der Waals surface area contributed by atoms with E-state index in [1.165, 1.54) is 0 Å². The smallest absolute Gasteiger partial charge is 0.271 e. The van der Waals surface area contributed by atoms with Crippen LogP contribution in [-0.2, 0) is 0 Å². The third-order valence-electron chi connectivity index (χ3n) is 2.93. The molecule has 21 heavy (non-hydrogen) atoms. The Balaban J connectivity index is 2.19. The van der Waals surface area contributed by atoms with Crippen molar-refractivity contribution in [2.75, 3.05) is 0 Å². The molecule has 2 rings (SSSR count). The van der Waals surface area contributed by atoms with Crippen LogP contribution in [0.1, 0.15) is 29.3 Å². The van der Waals surface area contributed by atoms with Gasteiger partial charge in [0, 0.05) is 16.1 Å². The van der Waals surface area contributed by atoms with Crippen LogP contribution in [0, 0.1) is 0 Å². The van der Waals surface area contributed by atoms with Gasteiger partial charge in [-0.1, -0.05) is 36.7 Å². The zero-order valence-electron chi connectivity index (χ0n) is 11.5. The molecule has 0 saturated carbocycles. The Kier molecular flexibility index (Phi) is 4.95. The molecular weight excluding hydrogens is 288 g/mol. The molecule has 5 heteroatoms. The summed E-state index contributed by atoms with van der Waals surface area (Å²) in [7, 11) is 0. The zero-order chi connectivity index (χ0) is 15.2. The van der Waals surface area contributed by atoms with E-state index >= 15 is 0 Å². The molecule has 0 atom stereocenters. The van der Waals surface area contributed by atoms with Crippen LogP contribution in [0.5, 0.6) is 5.75 Å². The second kappa shape index (κ2) is 6.90. The largest absolute Gasteiger partial charge is 0.507 e. The van der Waals surface area contributed by atoms with Gasteiger partial charge in [-0.25, -0.2) is 5.43 Å². The topological polar surface area (TPSA) is 61.7 Å². The van der Waals surface area contributed by atoms with Gasteiger partial charge < -0.3 is 5.11 Å². The Morgan fingerprint density at radius 1 is 1.24 bits per heavy atom. The molecule has 2 N–H and O–H groups in total. The molecule has 0 radical (unpaired) electrons. The van der Waals surface area contributed by atoms with E-state index in [2.05, 4.69) is 10.5 Å². The highest BCUT2D eigenvalue weighted by atomic mass is 35.5. The minimum Gasteiger partial charge on any atom is -0.507 e. The molecule has 4 nitrogen and oxygen atoms in total. The fourth-order valence-corrected chi connectivity index (χ4v) is 2.05. The number of benzene rings is 2. The maximum atomic E-state index is 12.0. The van der Waals surface area contributed by atoms with Gasteiger partial charge in [-0.3, -0.25) is 4.79 Å². The Bertz CT molecular complexity index is 683. The number of phenols is 1. The van der Waals surface area contributed by atoms with Crippen molar-refractivity contribution in [2.24, 2.45) is 5.10 Å². The average molecular weight is 303 g/mol. The number of phenolic OH excluding ortho intramolecular Hbond substituents is 1. The quantitative estimate of drug-likeness (QED) is 0.669. The highest BCUT2D eigenvalue weighted by molar-refractivity contribution is 6.30. The van der Waals surface area contributed by atoms with Crippen molar-refractivity contribution in [3.8, 4) is 5.75 Å². The number of carbonyl (C=O) groups excluding carboxylic acids is 1. The maximum absolute atomic E-state index is 12.0. The number of hydrazone groups is 1. The van der Waals surface area contributed by atoms with Gasteiger partial charge in [0.25, 0.3) is 5.91 Å². The lowest BCUT2D eigenvalue weighted by molar-refractivity contribution is 0.0955. The van der Waals surface area contributed by atoms with E-state index in [0.717, 1.165) is 0 Å². The van der Waals surface area contributed by atoms with E-state index in [0.29, 0.717) is 28.3 Å². The Hall–Kier alpha value is -2.33. The Morgan fingerprint density at radius 2 is 2.00 bits per heavy atom. The van der Waals surface area contributed by atoms with E-state index in [9.17, 15) is 9.90 Å². The fraction of sp³-hybridized carbons (Fsp3) is 0.125. The van der Waals surface area contributed by atoms with Gasteiger partial charge in [-0.05, 0) is 36.8 Å². The first-order valence-electron chi connectivity index (χ1n) is 6.52. The standard InChI is InChI=1S/C16H15ClN2O2/c1-2-14(13-8-3-4-9-15(13)20)18-19-16(21)11-6-5-7-12(17)10-11/h3-10,20H,2H2,1H3,(H,19,21). The fourth-order valence-electron chi connectivity index (χ4n) is 1.86. The molecule has 2 aromatic carbocycles. The number of halogens is 1. The lowest BCUT2D eigenvalue weighted by Crippen LogP contribution is -2.20. The number of nitrogens with one attached hydrogen (secondary N) is 1. The molecule has 0 aromatic heterocycles.